The van der Waals surface area contributed by atoms with E-state index < -0.39 is 49.3 Å². The van der Waals surface area contributed by atoms with Crippen molar-refractivity contribution in [2.24, 2.45) is 0 Å². The van der Waals surface area contributed by atoms with Gasteiger partial charge in [0.15, 0.2) is 9.84 Å². The lowest BCUT2D eigenvalue weighted by Crippen LogP contribution is -2.42. The Balaban J connectivity index is 2.21. The molecule has 1 aliphatic rings. The number of hydrogen-bond acceptors (Lipinski definition) is 5. The molecule has 0 amide bonds. The average molecular weight is 309 g/mol. The molecule has 1 aromatic rings. The maximum absolute atomic E-state index is 12.7. The van der Waals surface area contributed by atoms with Crippen molar-refractivity contribution in [1.29, 1.82) is 0 Å². The second-order valence-electron chi connectivity index (χ2n) is 4.33. The SMILES string of the molecule is O=S1(=O)C[C@H](O)[C@H](NS(=O)(=O)c2ccc(F)cc2)C1. The molecule has 1 fully saturated rings. The molecule has 2 N–H and O–H groups in total. The fraction of sp³-hybridized carbons (Fsp3) is 0.400. The Labute approximate surface area is 110 Å². The van der Waals surface area contributed by atoms with Crippen LogP contribution in [0.5, 0.6) is 0 Å². The monoisotopic (exact) mass is 309 g/mol. The van der Waals surface area contributed by atoms with E-state index in [0.29, 0.717) is 0 Å². The third kappa shape index (κ3) is 3.30. The number of aliphatic hydroxyl groups excluding tert-OH is 1. The van der Waals surface area contributed by atoms with Crippen molar-refractivity contribution < 1.29 is 26.3 Å². The summed E-state index contributed by atoms with van der Waals surface area (Å²) in [7, 11) is -7.43. The first-order valence-electron chi connectivity index (χ1n) is 5.36. The van der Waals surface area contributed by atoms with Gasteiger partial charge in [-0.2, -0.15) is 0 Å². The van der Waals surface area contributed by atoms with Crippen LogP contribution < -0.4 is 4.72 Å². The quantitative estimate of drug-likeness (QED) is 0.766. The van der Waals surface area contributed by atoms with Gasteiger partial charge in [0.1, 0.15) is 5.82 Å². The van der Waals surface area contributed by atoms with Gasteiger partial charge in [-0.05, 0) is 24.3 Å². The molecule has 1 aromatic carbocycles. The zero-order chi connectivity index (χ0) is 14.3. The van der Waals surface area contributed by atoms with Crippen LogP contribution in [-0.2, 0) is 19.9 Å². The van der Waals surface area contributed by atoms with Gasteiger partial charge in [0.25, 0.3) is 0 Å². The minimum atomic E-state index is -3.98. The molecule has 0 saturated carbocycles. The molecule has 0 bridgehead atoms. The van der Waals surface area contributed by atoms with Crippen LogP contribution in [-0.4, -0.2) is 45.6 Å². The number of aliphatic hydroxyl groups is 1. The molecule has 0 radical (unpaired) electrons. The minimum Gasteiger partial charge on any atom is -0.390 e. The molecule has 1 aliphatic heterocycles. The topological polar surface area (TPSA) is 101 Å². The highest BCUT2D eigenvalue weighted by Gasteiger charge is 2.38. The lowest BCUT2D eigenvalue weighted by molar-refractivity contribution is 0.176. The van der Waals surface area contributed by atoms with Gasteiger partial charge < -0.3 is 5.11 Å². The first kappa shape index (κ1) is 14.4. The second-order valence-corrected chi connectivity index (χ2v) is 8.19. The summed E-state index contributed by atoms with van der Waals surface area (Å²) in [6.07, 6.45) is -1.28. The predicted molar refractivity (Wildman–Crippen MR) is 65.2 cm³/mol. The number of rotatable bonds is 3. The largest absolute Gasteiger partial charge is 0.390 e. The van der Waals surface area contributed by atoms with E-state index in [0.717, 1.165) is 24.3 Å². The van der Waals surface area contributed by atoms with Crippen LogP contribution >= 0.6 is 0 Å². The molecule has 19 heavy (non-hydrogen) atoms. The number of halogens is 1. The van der Waals surface area contributed by atoms with Gasteiger partial charge in [-0.25, -0.2) is 25.9 Å². The second kappa shape index (κ2) is 4.82. The Hall–Kier alpha value is -1.03. The van der Waals surface area contributed by atoms with Crippen molar-refractivity contribution in [2.75, 3.05) is 11.5 Å². The zero-order valence-corrected chi connectivity index (χ0v) is 11.3. The van der Waals surface area contributed by atoms with Crippen LogP contribution in [0.4, 0.5) is 4.39 Å². The summed E-state index contributed by atoms with van der Waals surface area (Å²) in [5.41, 5.74) is 0. The highest BCUT2D eigenvalue weighted by atomic mass is 32.2. The number of benzene rings is 1. The van der Waals surface area contributed by atoms with Crippen LogP contribution in [0.3, 0.4) is 0 Å². The maximum atomic E-state index is 12.7. The normalized spacial score (nSPS) is 26.4. The lowest BCUT2D eigenvalue weighted by atomic mass is 10.2. The van der Waals surface area contributed by atoms with E-state index in [1.165, 1.54) is 0 Å². The van der Waals surface area contributed by atoms with Gasteiger partial charge in [0, 0.05) is 0 Å². The first-order valence-corrected chi connectivity index (χ1v) is 8.66. The van der Waals surface area contributed by atoms with Gasteiger partial charge >= 0.3 is 0 Å². The molecule has 106 valence electrons. The van der Waals surface area contributed by atoms with E-state index in [4.69, 9.17) is 0 Å². The van der Waals surface area contributed by atoms with Crippen LogP contribution in [0.15, 0.2) is 29.2 Å². The standard InChI is InChI=1S/C10H12FNO5S2/c11-7-1-3-8(4-2-7)19(16,17)12-9-5-18(14,15)6-10(9)13/h1-4,9-10,12-13H,5-6H2/t9-,10+/m1/s1. The molecule has 1 saturated heterocycles. The maximum Gasteiger partial charge on any atom is 0.240 e. The third-order valence-electron chi connectivity index (χ3n) is 2.75. The fourth-order valence-electron chi connectivity index (χ4n) is 1.82. The minimum absolute atomic E-state index is 0.189. The van der Waals surface area contributed by atoms with Crippen molar-refractivity contribution in [1.82, 2.24) is 4.72 Å². The summed E-state index contributed by atoms with van der Waals surface area (Å²) in [5.74, 6) is -1.50. The van der Waals surface area contributed by atoms with Crippen molar-refractivity contribution in [3.05, 3.63) is 30.1 Å². The summed E-state index contributed by atoms with van der Waals surface area (Å²) >= 11 is 0. The van der Waals surface area contributed by atoms with Crippen molar-refractivity contribution in [2.45, 2.75) is 17.0 Å². The number of hydrogen-bond donors (Lipinski definition) is 2. The summed E-state index contributed by atoms with van der Waals surface area (Å²) < 4.78 is 61.2. The molecule has 1 heterocycles. The zero-order valence-electron chi connectivity index (χ0n) is 9.65. The first-order chi connectivity index (χ1) is 8.70. The number of sulfone groups is 1. The summed E-state index contributed by atoms with van der Waals surface area (Å²) in [6.45, 7) is 0. The molecule has 0 aromatic heterocycles. The van der Waals surface area contributed by atoms with Crippen molar-refractivity contribution in [3.8, 4) is 0 Å². The Bertz CT molecular complexity index is 668. The Kier molecular flexibility index (Phi) is 3.65. The number of nitrogens with one attached hydrogen (secondary N) is 1. The third-order valence-corrected chi connectivity index (χ3v) is 5.98. The molecular formula is C10H12FNO5S2. The van der Waals surface area contributed by atoms with Crippen LogP contribution in [0.1, 0.15) is 0 Å². The Morgan fingerprint density at radius 2 is 1.79 bits per heavy atom. The van der Waals surface area contributed by atoms with E-state index in [1.54, 1.807) is 0 Å². The molecule has 0 unspecified atom stereocenters. The Morgan fingerprint density at radius 1 is 1.21 bits per heavy atom. The van der Waals surface area contributed by atoms with Crippen LogP contribution in [0, 0.1) is 5.82 Å². The molecule has 9 heteroatoms. The highest BCUT2D eigenvalue weighted by Crippen LogP contribution is 2.16. The fourth-order valence-corrected chi connectivity index (χ4v) is 4.94. The van der Waals surface area contributed by atoms with Gasteiger partial charge in [-0.1, -0.05) is 0 Å². The van der Waals surface area contributed by atoms with E-state index in [-0.39, 0.29) is 4.90 Å². The number of sulfonamides is 1. The lowest BCUT2D eigenvalue weighted by Gasteiger charge is -2.15. The van der Waals surface area contributed by atoms with Gasteiger partial charge in [0.05, 0.1) is 28.5 Å². The van der Waals surface area contributed by atoms with Crippen LogP contribution in [0.2, 0.25) is 0 Å². The van der Waals surface area contributed by atoms with Gasteiger partial charge in [-0.3, -0.25) is 0 Å². The molecule has 2 atom stereocenters. The van der Waals surface area contributed by atoms with E-state index >= 15 is 0 Å². The van der Waals surface area contributed by atoms with Crippen molar-refractivity contribution in [3.63, 3.8) is 0 Å². The van der Waals surface area contributed by atoms with E-state index in [1.807, 2.05) is 0 Å². The molecule has 0 aliphatic carbocycles. The van der Waals surface area contributed by atoms with Gasteiger partial charge in [-0.15, -0.1) is 0 Å². The highest BCUT2D eigenvalue weighted by molar-refractivity contribution is 7.92. The van der Waals surface area contributed by atoms with Crippen molar-refractivity contribution >= 4 is 19.9 Å². The molecule has 6 nitrogen and oxygen atoms in total. The summed E-state index contributed by atoms with van der Waals surface area (Å²) in [6, 6.07) is 3.01. The summed E-state index contributed by atoms with van der Waals surface area (Å²) in [5, 5.41) is 9.51. The van der Waals surface area contributed by atoms with Gasteiger partial charge in [0.2, 0.25) is 10.0 Å². The van der Waals surface area contributed by atoms with Crippen LogP contribution in [0.25, 0.3) is 0 Å². The predicted octanol–water partition coefficient (Wildman–Crippen LogP) is -0.738. The smallest absolute Gasteiger partial charge is 0.240 e. The summed E-state index contributed by atoms with van der Waals surface area (Å²) in [4.78, 5) is -0.189. The Morgan fingerprint density at radius 3 is 2.26 bits per heavy atom. The van der Waals surface area contributed by atoms with E-state index in [9.17, 15) is 26.3 Å². The molecular weight excluding hydrogens is 297 g/mol. The average Bonchev–Trinajstić information content (AvgIpc) is 2.51. The van der Waals surface area contributed by atoms with E-state index in [2.05, 4.69) is 4.72 Å². The molecule has 0 spiro atoms. The molecule has 2 rings (SSSR count).